The Bertz CT molecular complexity index is 662. The molecule has 0 radical (unpaired) electrons. The Morgan fingerprint density at radius 2 is 1.04 bits per heavy atom. The molecule has 1 aliphatic heterocycles. The topological polar surface area (TPSA) is 74.8 Å². The second kappa shape index (κ2) is 9.88. The predicted octanol–water partition coefficient (Wildman–Crippen LogP) is 2.78. The van der Waals surface area contributed by atoms with Crippen LogP contribution in [-0.4, -0.2) is 33.4 Å². The molecule has 0 aromatic heterocycles. The Morgan fingerprint density at radius 1 is 0.731 bits per heavy atom. The van der Waals surface area contributed by atoms with E-state index in [1.54, 1.807) is 38.2 Å². The average molecular weight is 354 g/mol. The molecule has 0 saturated carbocycles. The van der Waals surface area contributed by atoms with Crippen LogP contribution in [0.1, 0.15) is 26.7 Å². The third-order valence-electron chi connectivity index (χ3n) is 3.52. The first-order valence-corrected chi connectivity index (χ1v) is 8.03. The summed E-state index contributed by atoms with van der Waals surface area (Å²) >= 11 is 0. The number of imide groups is 2. The Kier molecular flexibility index (Phi) is 7.89. The zero-order valence-corrected chi connectivity index (χ0v) is 15.0. The second-order valence-corrected chi connectivity index (χ2v) is 5.22. The lowest BCUT2D eigenvalue weighted by Gasteiger charge is -2.28. The molecule has 1 rings (SSSR count). The van der Waals surface area contributed by atoms with Crippen molar-refractivity contribution < 1.29 is 19.2 Å². The largest absolute Gasteiger partial charge is 0.273 e. The Hall–Kier alpha value is -3.28. The fraction of sp³-hybridized carbons (Fsp3) is 0.200. The lowest BCUT2D eigenvalue weighted by molar-refractivity contribution is -0.152. The molecular formula is C20H22N2O4. The highest BCUT2D eigenvalue weighted by Gasteiger charge is 2.36. The molecule has 0 aliphatic carbocycles. The number of allylic oxidation sites excluding steroid dienone is 8. The van der Waals surface area contributed by atoms with Gasteiger partial charge in [-0.25, -0.2) is 0 Å². The van der Waals surface area contributed by atoms with Crippen molar-refractivity contribution in [2.24, 2.45) is 0 Å². The van der Waals surface area contributed by atoms with Crippen LogP contribution in [0.25, 0.3) is 0 Å². The van der Waals surface area contributed by atoms with Crippen molar-refractivity contribution >= 4 is 23.6 Å². The van der Waals surface area contributed by atoms with Gasteiger partial charge in [-0.2, -0.15) is 0 Å². The molecule has 0 unspecified atom stereocenters. The van der Waals surface area contributed by atoms with Crippen molar-refractivity contribution in [3.05, 3.63) is 73.2 Å². The molecule has 6 heteroatoms. The summed E-state index contributed by atoms with van der Waals surface area (Å²) in [6.45, 7) is 10.4. The van der Waals surface area contributed by atoms with E-state index >= 15 is 0 Å². The number of amides is 4. The Morgan fingerprint density at radius 3 is 1.27 bits per heavy atom. The third-order valence-corrected chi connectivity index (χ3v) is 3.52. The SMILES string of the molecule is C=C/C=C\C(=C/C)N1C(=O)CC(=O)N(C(/C=C\C=C)=C/C)C(=O)CC1=O. The summed E-state index contributed by atoms with van der Waals surface area (Å²) in [4.78, 5) is 51.8. The van der Waals surface area contributed by atoms with Crippen molar-refractivity contribution in [1.29, 1.82) is 0 Å². The second-order valence-electron chi connectivity index (χ2n) is 5.22. The van der Waals surface area contributed by atoms with Gasteiger partial charge in [-0.1, -0.05) is 49.6 Å². The van der Waals surface area contributed by atoms with Crippen LogP contribution in [0, 0.1) is 0 Å². The zero-order chi connectivity index (χ0) is 19.7. The van der Waals surface area contributed by atoms with Gasteiger partial charge in [-0.3, -0.25) is 29.0 Å². The van der Waals surface area contributed by atoms with E-state index in [1.807, 2.05) is 0 Å². The van der Waals surface area contributed by atoms with Crippen molar-refractivity contribution in [3.63, 3.8) is 0 Å². The van der Waals surface area contributed by atoms with Crippen molar-refractivity contribution in [2.45, 2.75) is 26.7 Å². The summed E-state index contributed by atoms with van der Waals surface area (Å²) in [5, 5.41) is 0. The van der Waals surface area contributed by atoms with Gasteiger partial charge in [0.05, 0.1) is 0 Å². The molecule has 6 nitrogen and oxygen atoms in total. The normalized spacial score (nSPS) is 17.9. The fourth-order valence-electron chi connectivity index (χ4n) is 2.36. The van der Waals surface area contributed by atoms with E-state index in [-0.39, 0.29) is 11.4 Å². The van der Waals surface area contributed by atoms with Crippen LogP contribution in [-0.2, 0) is 19.2 Å². The molecule has 1 saturated heterocycles. The highest BCUT2D eigenvalue weighted by Crippen LogP contribution is 2.19. The quantitative estimate of drug-likeness (QED) is 0.418. The van der Waals surface area contributed by atoms with E-state index in [4.69, 9.17) is 0 Å². The van der Waals surface area contributed by atoms with Crippen LogP contribution < -0.4 is 0 Å². The standard InChI is InChI=1S/C20H22N2O4/c1-5-9-11-15(7-3)21-17(23)13-19(25)22(20(26)14-18(21)24)16(8-4)12-10-6-2/h5-12H,1-2,13-14H2,3-4H3/b11-9-,12-10-,15-7+,16-8+. The minimum Gasteiger partial charge on any atom is -0.273 e. The van der Waals surface area contributed by atoms with Gasteiger partial charge in [-0.15, -0.1) is 0 Å². The van der Waals surface area contributed by atoms with E-state index in [2.05, 4.69) is 13.2 Å². The number of carbonyl (C=O) groups excluding carboxylic acids is 4. The molecule has 1 fully saturated rings. The molecular weight excluding hydrogens is 332 g/mol. The molecule has 1 heterocycles. The molecule has 0 spiro atoms. The maximum Gasteiger partial charge on any atom is 0.243 e. The first-order valence-electron chi connectivity index (χ1n) is 8.03. The van der Waals surface area contributed by atoms with Crippen molar-refractivity contribution in [1.82, 2.24) is 9.80 Å². The first kappa shape index (κ1) is 20.8. The van der Waals surface area contributed by atoms with Gasteiger partial charge in [0.1, 0.15) is 12.8 Å². The maximum atomic E-state index is 12.5. The highest BCUT2D eigenvalue weighted by molar-refractivity contribution is 6.17. The monoisotopic (exact) mass is 354 g/mol. The smallest absolute Gasteiger partial charge is 0.243 e. The molecule has 0 aromatic rings. The van der Waals surface area contributed by atoms with Crippen molar-refractivity contribution in [3.8, 4) is 0 Å². The van der Waals surface area contributed by atoms with Crippen molar-refractivity contribution in [2.75, 3.05) is 0 Å². The van der Waals surface area contributed by atoms with Crippen LogP contribution >= 0.6 is 0 Å². The number of hydrogen-bond donors (Lipinski definition) is 0. The lowest BCUT2D eigenvalue weighted by atomic mass is 10.1. The molecule has 1 aliphatic rings. The number of rotatable bonds is 6. The zero-order valence-electron chi connectivity index (χ0n) is 15.0. The summed E-state index contributed by atoms with van der Waals surface area (Å²) in [6, 6.07) is 0. The summed E-state index contributed by atoms with van der Waals surface area (Å²) in [5.74, 6) is -2.77. The maximum absolute atomic E-state index is 12.5. The van der Waals surface area contributed by atoms with Crippen LogP contribution in [0.3, 0.4) is 0 Å². The highest BCUT2D eigenvalue weighted by atomic mass is 16.2. The predicted molar refractivity (Wildman–Crippen MR) is 99.1 cm³/mol. The van der Waals surface area contributed by atoms with Gasteiger partial charge in [0, 0.05) is 11.4 Å². The minimum absolute atomic E-state index is 0.284. The van der Waals surface area contributed by atoms with Gasteiger partial charge in [0.2, 0.25) is 23.6 Å². The van der Waals surface area contributed by atoms with Gasteiger partial charge < -0.3 is 0 Å². The number of hydrogen-bond acceptors (Lipinski definition) is 4. The van der Waals surface area contributed by atoms with E-state index in [1.165, 1.54) is 24.3 Å². The summed E-state index contributed by atoms with van der Waals surface area (Å²) in [7, 11) is 0. The lowest BCUT2D eigenvalue weighted by Crippen LogP contribution is -2.47. The Labute approximate surface area is 153 Å². The van der Waals surface area contributed by atoms with Gasteiger partial charge >= 0.3 is 0 Å². The molecule has 0 aromatic carbocycles. The number of carbonyl (C=O) groups is 4. The summed E-state index contributed by atoms with van der Waals surface area (Å²) in [6.07, 6.45) is 11.0. The van der Waals surface area contributed by atoms with Gasteiger partial charge in [-0.05, 0) is 26.0 Å². The first-order chi connectivity index (χ1) is 12.4. The van der Waals surface area contributed by atoms with E-state index in [9.17, 15) is 19.2 Å². The molecule has 26 heavy (non-hydrogen) atoms. The molecule has 0 bridgehead atoms. The Balaban J connectivity index is 3.28. The summed E-state index contributed by atoms with van der Waals surface area (Å²) < 4.78 is 0. The molecule has 136 valence electrons. The van der Waals surface area contributed by atoms with E-state index in [0.717, 1.165) is 9.80 Å². The van der Waals surface area contributed by atoms with Crippen LogP contribution in [0.2, 0.25) is 0 Å². The molecule has 4 amide bonds. The van der Waals surface area contributed by atoms with E-state index < -0.39 is 36.5 Å². The number of nitrogens with zero attached hydrogens (tertiary/aromatic N) is 2. The van der Waals surface area contributed by atoms with Crippen LogP contribution in [0.5, 0.6) is 0 Å². The fourth-order valence-corrected chi connectivity index (χ4v) is 2.36. The third kappa shape index (κ3) is 4.86. The molecule has 0 atom stereocenters. The van der Waals surface area contributed by atoms with Gasteiger partial charge in [0.25, 0.3) is 0 Å². The molecule has 0 N–H and O–H groups in total. The van der Waals surface area contributed by atoms with Crippen LogP contribution in [0.15, 0.2) is 73.2 Å². The summed E-state index contributed by atoms with van der Waals surface area (Å²) in [5.41, 5.74) is 0.568. The van der Waals surface area contributed by atoms with Gasteiger partial charge in [0.15, 0.2) is 0 Å². The van der Waals surface area contributed by atoms with Crippen LogP contribution in [0.4, 0.5) is 0 Å². The minimum atomic E-state index is -0.692. The van der Waals surface area contributed by atoms with E-state index in [0.29, 0.717) is 0 Å². The average Bonchev–Trinajstić information content (AvgIpc) is 2.60.